The van der Waals surface area contributed by atoms with Gasteiger partial charge in [0, 0.05) is 10.8 Å². The van der Waals surface area contributed by atoms with Gasteiger partial charge < -0.3 is 4.42 Å². The molecule has 0 aliphatic carbocycles. The van der Waals surface area contributed by atoms with Crippen LogP contribution in [0.4, 0.5) is 0 Å². The molecule has 200 valence electrons. The molecule has 0 aliphatic heterocycles. The van der Waals surface area contributed by atoms with Gasteiger partial charge in [-0.05, 0) is 77.8 Å². The fourth-order valence-electron chi connectivity index (χ4n) is 7.00. The van der Waals surface area contributed by atoms with Crippen molar-refractivity contribution in [3.8, 4) is 33.4 Å². The van der Waals surface area contributed by atoms with Crippen LogP contribution in [0.15, 0.2) is 162 Å². The van der Waals surface area contributed by atoms with Gasteiger partial charge in [0.2, 0.25) is 0 Å². The molecule has 0 unspecified atom stereocenters. The van der Waals surface area contributed by atoms with Gasteiger partial charge in [-0.1, -0.05) is 146 Å². The topological polar surface area (TPSA) is 13.1 Å². The summed E-state index contributed by atoms with van der Waals surface area (Å²) in [7, 11) is 0. The summed E-state index contributed by atoms with van der Waals surface area (Å²) in [6.45, 7) is 0. The van der Waals surface area contributed by atoms with E-state index in [0.29, 0.717) is 0 Å². The molecule has 9 rings (SSSR count). The molecule has 0 saturated heterocycles. The van der Waals surface area contributed by atoms with Crippen LogP contribution >= 0.6 is 0 Å². The first-order valence-electron chi connectivity index (χ1n) is 14.8. The van der Waals surface area contributed by atoms with E-state index in [9.17, 15) is 0 Å². The summed E-state index contributed by atoms with van der Waals surface area (Å²) in [5, 5.41) is 9.92. The third kappa shape index (κ3) is 3.65. The molecule has 1 heteroatoms. The van der Waals surface area contributed by atoms with Crippen LogP contribution in [-0.2, 0) is 0 Å². The average Bonchev–Trinajstić information content (AvgIpc) is 3.46. The summed E-state index contributed by atoms with van der Waals surface area (Å²) in [4.78, 5) is 0. The molecular formula is C42H26O. The number of furan rings is 1. The number of hydrogen-bond donors (Lipinski definition) is 0. The molecule has 43 heavy (non-hydrogen) atoms. The van der Waals surface area contributed by atoms with Crippen molar-refractivity contribution in [1.29, 1.82) is 0 Å². The van der Waals surface area contributed by atoms with E-state index in [1.807, 2.05) is 12.1 Å². The van der Waals surface area contributed by atoms with Gasteiger partial charge in [0.25, 0.3) is 0 Å². The van der Waals surface area contributed by atoms with Gasteiger partial charge in [-0.2, -0.15) is 0 Å². The van der Waals surface area contributed by atoms with Crippen LogP contribution in [0, 0.1) is 0 Å². The summed E-state index contributed by atoms with van der Waals surface area (Å²) in [5.41, 5.74) is 9.26. The van der Waals surface area contributed by atoms with E-state index in [1.54, 1.807) is 0 Å². The maximum Gasteiger partial charge on any atom is 0.136 e. The van der Waals surface area contributed by atoms with Crippen molar-refractivity contribution >= 4 is 54.3 Å². The van der Waals surface area contributed by atoms with Crippen molar-refractivity contribution in [3.63, 3.8) is 0 Å². The Morgan fingerprint density at radius 3 is 1.51 bits per heavy atom. The van der Waals surface area contributed by atoms with Crippen LogP contribution in [0.5, 0.6) is 0 Å². The number of benzene rings is 8. The number of para-hydroxylation sites is 1. The molecule has 0 N–H and O–H groups in total. The van der Waals surface area contributed by atoms with Gasteiger partial charge in [-0.25, -0.2) is 0 Å². The van der Waals surface area contributed by atoms with Crippen LogP contribution in [0.3, 0.4) is 0 Å². The SMILES string of the molecule is c1ccc2c(-c3c4ccccc4c(-c4ccc(-c5cccc6oc7ccccc7c56)cc4)c4ccccc34)cccc2c1. The first kappa shape index (κ1) is 24.0. The third-order valence-corrected chi connectivity index (χ3v) is 8.88. The molecule has 1 heterocycles. The summed E-state index contributed by atoms with van der Waals surface area (Å²) in [5.74, 6) is 0. The number of fused-ring (bicyclic) bond motifs is 6. The zero-order valence-corrected chi connectivity index (χ0v) is 23.4. The zero-order chi connectivity index (χ0) is 28.3. The molecule has 0 fully saturated rings. The first-order valence-corrected chi connectivity index (χ1v) is 14.8. The molecule has 0 bridgehead atoms. The minimum absolute atomic E-state index is 0.920. The minimum atomic E-state index is 0.920. The van der Waals surface area contributed by atoms with Gasteiger partial charge in [0.1, 0.15) is 11.2 Å². The van der Waals surface area contributed by atoms with Crippen LogP contribution in [0.25, 0.3) is 87.6 Å². The predicted molar refractivity (Wildman–Crippen MR) is 183 cm³/mol. The largest absolute Gasteiger partial charge is 0.456 e. The van der Waals surface area contributed by atoms with Gasteiger partial charge >= 0.3 is 0 Å². The van der Waals surface area contributed by atoms with Crippen molar-refractivity contribution in [3.05, 3.63) is 158 Å². The standard InChI is InChI=1S/C42H26O/c1-2-13-30-27(11-1)12-9-20-32(30)41-35-16-5-3-14-33(35)40(34-15-4-6-17-36(34)41)29-25-23-28(24-26-29)31-19-10-22-39-42(31)37-18-7-8-21-38(37)43-39/h1-26H. The van der Waals surface area contributed by atoms with E-state index in [-0.39, 0.29) is 0 Å². The normalized spacial score (nSPS) is 11.7. The molecule has 8 aromatic carbocycles. The Morgan fingerprint density at radius 2 is 0.791 bits per heavy atom. The maximum atomic E-state index is 6.18. The van der Waals surface area contributed by atoms with Crippen LogP contribution in [-0.4, -0.2) is 0 Å². The van der Waals surface area contributed by atoms with E-state index in [0.717, 1.165) is 16.6 Å². The van der Waals surface area contributed by atoms with Gasteiger partial charge in [0.15, 0.2) is 0 Å². The second kappa shape index (κ2) is 9.44. The molecular weight excluding hydrogens is 520 g/mol. The molecule has 0 spiro atoms. The molecule has 9 aromatic rings. The Labute approximate surface area is 249 Å². The lowest BCUT2D eigenvalue weighted by Crippen LogP contribution is -1.91. The van der Waals surface area contributed by atoms with E-state index >= 15 is 0 Å². The summed E-state index contributed by atoms with van der Waals surface area (Å²) in [6, 6.07) is 56.8. The molecule has 0 saturated carbocycles. The van der Waals surface area contributed by atoms with Gasteiger partial charge in [-0.3, -0.25) is 0 Å². The van der Waals surface area contributed by atoms with E-state index in [4.69, 9.17) is 4.42 Å². The summed E-state index contributed by atoms with van der Waals surface area (Å²) in [6.07, 6.45) is 0. The predicted octanol–water partition coefficient (Wildman–Crippen LogP) is 12.0. The van der Waals surface area contributed by atoms with Gasteiger partial charge in [-0.15, -0.1) is 0 Å². The fraction of sp³-hybridized carbons (Fsp3) is 0. The Kier molecular flexibility index (Phi) is 5.27. The molecule has 0 atom stereocenters. The van der Waals surface area contributed by atoms with Crippen molar-refractivity contribution in [1.82, 2.24) is 0 Å². The smallest absolute Gasteiger partial charge is 0.136 e. The van der Waals surface area contributed by atoms with Crippen molar-refractivity contribution in [2.24, 2.45) is 0 Å². The molecule has 1 aromatic heterocycles. The van der Waals surface area contributed by atoms with Crippen LogP contribution < -0.4 is 0 Å². The Bertz CT molecular complexity index is 2430. The van der Waals surface area contributed by atoms with Crippen LogP contribution in [0.1, 0.15) is 0 Å². The molecule has 1 nitrogen and oxygen atoms in total. The Morgan fingerprint density at radius 1 is 0.302 bits per heavy atom. The highest BCUT2D eigenvalue weighted by molar-refractivity contribution is 6.23. The summed E-state index contributed by atoms with van der Waals surface area (Å²) < 4.78 is 6.18. The Balaban J connectivity index is 1.28. The number of hydrogen-bond acceptors (Lipinski definition) is 1. The highest BCUT2D eigenvalue weighted by atomic mass is 16.3. The number of rotatable bonds is 3. The lowest BCUT2D eigenvalue weighted by atomic mass is 9.84. The van der Waals surface area contributed by atoms with E-state index in [2.05, 4.69) is 146 Å². The second-order valence-corrected chi connectivity index (χ2v) is 11.2. The molecule has 0 radical (unpaired) electrons. The second-order valence-electron chi connectivity index (χ2n) is 11.2. The van der Waals surface area contributed by atoms with Crippen molar-refractivity contribution in [2.45, 2.75) is 0 Å². The maximum absolute atomic E-state index is 6.18. The highest BCUT2D eigenvalue weighted by Gasteiger charge is 2.18. The fourth-order valence-corrected chi connectivity index (χ4v) is 7.00. The van der Waals surface area contributed by atoms with Crippen LogP contribution in [0.2, 0.25) is 0 Å². The highest BCUT2D eigenvalue weighted by Crippen LogP contribution is 2.45. The van der Waals surface area contributed by atoms with Gasteiger partial charge in [0.05, 0.1) is 0 Å². The third-order valence-electron chi connectivity index (χ3n) is 8.88. The lowest BCUT2D eigenvalue weighted by molar-refractivity contribution is 0.669. The van der Waals surface area contributed by atoms with Crippen molar-refractivity contribution in [2.75, 3.05) is 0 Å². The average molecular weight is 547 g/mol. The van der Waals surface area contributed by atoms with E-state index in [1.165, 1.54) is 71.1 Å². The monoisotopic (exact) mass is 546 g/mol. The zero-order valence-electron chi connectivity index (χ0n) is 23.4. The molecule has 0 amide bonds. The minimum Gasteiger partial charge on any atom is -0.456 e. The first-order chi connectivity index (χ1) is 21.3. The lowest BCUT2D eigenvalue weighted by Gasteiger charge is -2.19. The summed E-state index contributed by atoms with van der Waals surface area (Å²) >= 11 is 0. The van der Waals surface area contributed by atoms with E-state index < -0.39 is 0 Å². The quantitative estimate of drug-likeness (QED) is 0.201. The molecule has 0 aliphatic rings. The Hall–Kier alpha value is -5.66. The van der Waals surface area contributed by atoms with Crippen molar-refractivity contribution < 1.29 is 4.42 Å².